The summed E-state index contributed by atoms with van der Waals surface area (Å²) in [5.41, 5.74) is 0.441. The number of alkyl halides is 1. The van der Waals surface area contributed by atoms with Crippen molar-refractivity contribution in [2.24, 2.45) is 5.41 Å². The highest BCUT2D eigenvalue weighted by Gasteiger charge is 2.31. The zero-order valence-electron chi connectivity index (χ0n) is 15.8. The van der Waals surface area contributed by atoms with Gasteiger partial charge in [-0.15, -0.1) is 0 Å². The van der Waals surface area contributed by atoms with Gasteiger partial charge in [-0.1, -0.05) is 49.0 Å². The summed E-state index contributed by atoms with van der Waals surface area (Å²) >= 11 is 3.44. The molecule has 5 nitrogen and oxygen atoms in total. The van der Waals surface area contributed by atoms with Crippen molar-refractivity contribution in [2.45, 2.75) is 52.4 Å². The van der Waals surface area contributed by atoms with E-state index in [1.54, 1.807) is 12.1 Å². The molecule has 1 amide bonds. The number of ether oxygens (including phenoxy) is 2. The zero-order valence-corrected chi connectivity index (χ0v) is 17.4. The lowest BCUT2D eigenvalue weighted by Gasteiger charge is -2.26. The second-order valence-electron chi connectivity index (χ2n) is 7.23. The first kappa shape index (κ1) is 20.7. The minimum Gasteiger partial charge on any atom is -0.494 e. The van der Waals surface area contributed by atoms with E-state index < -0.39 is 5.41 Å². The van der Waals surface area contributed by atoms with Gasteiger partial charge < -0.3 is 14.8 Å². The minimum absolute atomic E-state index is 0.0236. The number of hydrogen-bond donors (Lipinski definition) is 1. The molecule has 0 unspecified atom stereocenters. The normalized spacial score (nSPS) is 13.8. The number of halogens is 1. The number of fused-ring (bicyclic) bond motifs is 1. The fraction of sp³-hybridized carbons (Fsp3) is 0.600. The van der Waals surface area contributed by atoms with Crippen molar-refractivity contribution in [1.82, 2.24) is 0 Å². The van der Waals surface area contributed by atoms with E-state index in [9.17, 15) is 9.59 Å². The Kier molecular flexibility index (Phi) is 7.50. The fourth-order valence-corrected chi connectivity index (χ4v) is 3.41. The van der Waals surface area contributed by atoms with Gasteiger partial charge in [0.1, 0.15) is 11.4 Å². The molecule has 0 aromatic heterocycles. The van der Waals surface area contributed by atoms with Crippen molar-refractivity contribution in [2.75, 3.05) is 24.4 Å². The second kappa shape index (κ2) is 9.40. The monoisotopic (exact) mass is 425 g/mol. The van der Waals surface area contributed by atoms with Crippen LogP contribution in [0.25, 0.3) is 0 Å². The summed E-state index contributed by atoms with van der Waals surface area (Å²) in [5.74, 6) is 0.851. The minimum atomic E-state index is -0.513. The Labute approximate surface area is 164 Å². The number of nitrogens with one attached hydrogen (secondary N) is 1. The number of Topliss-reactive ketones (excluding diaryl/α,β-unsaturated/α-hetero) is 1. The van der Waals surface area contributed by atoms with Gasteiger partial charge >= 0.3 is 0 Å². The van der Waals surface area contributed by atoms with Crippen LogP contribution in [0.3, 0.4) is 0 Å². The summed E-state index contributed by atoms with van der Waals surface area (Å²) in [7, 11) is 1.54. The van der Waals surface area contributed by atoms with E-state index in [1.807, 2.05) is 13.8 Å². The topological polar surface area (TPSA) is 64.6 Å². The highest BCUT2D eigenvalue weighted by Crippen LogP contribution is 2.41. The van der Waals surface area contributed by atoms with E-state index in [2.05, 4.69) is 21.2 Å². The molecule has 1 aromatic carbocycles. The molecule has 0 spiro atoms. The third-order valence-electron chi connectivity index (χ3n) is 4.75. The van der Waals surface area contributed by atoms with Crippen LogP contribution in [0, 0.1) is 5.41 Å². The Morgan fingerprint density at radius 3 is 2.69 bits per heavy atom. The van der Waals surface area contributed by atoms with Crippen molar-refractivity contribution in [3.05, 3.63) is 17.7 Å². The van der Waals surface area contributed by atoms with Crippen molar-refractivity contribution < 1.29 is 19.1 Å². The third-order valence-corrected chi connectivity index (χ3v) is 5.31. The zero-order chi connectivity index (χ0) is 19.2. The first-order valence-corrected chi connectivity index (χ1v) is 10.3. The summed E-state index contributed by atoms with van der Waals surface area (Å²) in [6.07, 6.45) is 5.60. The van der Waals surface area contributed by atoms with E-state index in [0.717, 1.165) is 31.0 Å². The first-order chi connectivity index (χ1) is 12.4. The number of benzene rings is 1. The number of methoxy groups -OCH3 is 1. The van der Waals surface area contributed by atoms with E-state index in [1.165, 1.54) is 13.5 Å². The predicted octanol–water partition coefficient (Wildman–Crippen LogP) is 4.97. The summed E-state index contributed by atoms with van der Waals surface area (Å²) in [4.78, 5) is 25.0. The fourth-order valence-electron chi connectivity index (χ4n) is 3.01. The predicted molar refractivity (Wildman–Crippen MR) is 107 cm³/mol. The van der Waals surface area contributed by atoms with Crippen LogP contribution in [0.2, 0.25) is 0 Å². The van der Waals surface area contributed by atoms with Crippen LogP contribution in [0.1, 0.15) is 62.7 Å². The van der Waals surface area contributed by atoms with Gasteiger partial charge in [-0.25, -0.2) is 0 Å². The van der Waals surface area contributed by atoms with Crippen LogP contribution in [0.5, 0.6) is 11.5 Å². The van der Waals surface area contributed by atoms with Crippen molar-refractivity contribution in [1.29, 1.82) is 0 Å². The number of hydrogen-bond acceptors (Lipinski definition) is 4. The molecular formula is C20H28BrNO4. The standard InChI is InChI=1S/C20H28BrNO4/c1-20(2,11-6-4-5-7-12-21)19(24)22-17-16(25-3)9-8-14-15(23)10-13-26-18(14)17/h8-9H,4-7,10-13H2,1-3H3,(H,22,24). The van der Waals surface area contributed by atoms with Crippen molar-refractivity contribution in [3.8, 4) is 11.5 Å². The summed E-state index contributed by atoms with van der Waals surface area (Å²) in [6, 6.07) is 3.40. The number of carbonyl (C=O) groups excluding carboxylic acids is 2. The Hall–Kier alpha value is -1.56. The lowest BCUT2D eigenvalue weighted by Crippen LogP contribution is -2.31. The van der Waals surface area contributed by atoms with Gasteiger partial charge in [-0.3, -0.25) is 9.59 Å². The molecular weight excluding hydrogens is 398 g/mol. The lowest BCUT2D eigenvalue weighted by atomic mass is 9.85. The van der Waals surface area contributed by atoms with Crippen LogP contribution in [-0.2, 0) is 4.79 Å². The van der Waals surface area contributed by atoms with Gasteiger partial charge in [0, 0.05) is 17.2 Å². The maximum Gasteiger partial charge on any atom is 0.230 e. The number of carbonyl (C=O) groups is 2. The summed E-state index contributed by atoms with van der Waals surface area (Å²) in [5, 5.41) is 3.98. The van der Waals surface area contributed by atoms with Crippen molar-refractivity contribution in [3.63, 3.8) is 0 Å². The largest absolute Gasteiger partial charge is 0.494 e. The maximum absolute atomic E-state index is 12.9. The van der Waals surface area contributed by atoms with Gasteiger partial charge in [-0.05, 0) is 25.0 Å². The molecule has 1 aromatic rings. The Morgan fingerprint density at radius 2 is 2.00 bits per heavy atom. The lowest BCUT2D eigenvalue weighted by molar-refractivity contribution is -0.124. The van der Waals surface area contributed by atoms with E-state index in [4.69, 9.17) is 9.47 Å². The molecule has 0 saturated heterocycles. The SMILES string of the molecule is COc1ccc2c(c1NC(=O)C(C)(C)CCCCCCBr)OCCC2=O. The Balaban J connectivity index is 2.12. The number of rotatable bonds is 9. The molecule has 144 valence electrons. The average Bonchev–Trinajstić information content (AvgIpc) is 2.62. The Morgan fingerprint density at radius 1 is 1.27 bits per heavy atom. The van der Waals surface area contributed by atoms with Gasteiger partial charge in [-0.2, -0.15) is 0 Å². The molecule has 1 N–H and O–H groups in total. The maximum atomic E-state index is 12.9. The highest BCUT2D eigenvalue weighted by molar-refractivity contribution is 9.09. The number of ketones is 1. The molecule has 0 bridgehead atoms. The molecule has 0 aliphatic carbocycles. The molecule has 6 heteroatoms. The molecule has 1 aliphatic heterocycles. The van der Waals surface area contributed by atoms with E-state index >= 15 is 0 Å². The first-order valence-electron chi connectivity index (χ1n) is 9.15. The molecule has 0 saturated carbocycles. The number of anilines is 1. The second-order valence-corrected chi connectivity index (χ2v) is 8.03. The number of amides is 1. The summed E-state index contributed by atoms with van der Waals surface area (Å²) < 4.78 is 11.1. The van der Waals surface area contributed by atoms with Gasteiger partial charge in [0.15, 0.2) is 11.5 Å². The van der Waals surface area contributed by atoms with E-state index in [-0.39, 0.29) is 11.7 Å². The molecule has 0 radical (unpaired) electrons. The molecule has 0 atom stereocenters. The molecule has 1 heterocycles. The van der Waals surface area contributed by atoms with Gasteiger partial charge in [0.05, 0.1) is 19.3 Å². The average molecular weight is 426 g/mol. The van der Waals surface area contributed by atoms with Crippen LogP contribution in [-0.4, -0.2) is 30.7 Å². The molecule has 2 rings (SSSR count). The van der Waals surface area contributed by atoms with Crippen LogP contribution < -0.4 is 14.8 Å². The van der Waals surface area contributed by atoms with E-state index in [0.29, 0.717) is 35.8 Å². The Bertz CT molecular complexity index is 657. The number of unbranched alkanes of at least 4 members (excludes halogenated alkanes) is 3. The van der Waals surface area contributed by atoms with Gasteiger partial charge in [0.25, 0.3) is 0 Å². The van der Waals surface area contributed by atoms with Crippen molar-refractivity contribution >= 4 is 33.3 Å². The summed E-state index contributed by atoms with van der Waals surface area (Å²) in [6.45, 7) is 4.21. The molecule has 1 aliphatic rings. The smallest absolute Gasteiger partial charge is 0.230 e. The van der Waals surface area contributed by atoms with Crippen LogP contribution in [0.15, 0.2) is 12.1 Å². The van der Waals surface area contributed by atoms with Crippen LogP contribution in [0.4, 0.5) is 5.69 Å². The third kappa shape index (κ3) is 5.00. The molecule has 26 heavy (non-hydrogen) atoms. The van der Waals surface area contributed by atoms with Gasteiger partial charge in [0.2, 0.25) is 5.91 Å². The highest BCUT2D eigenvalue weighted by atomic mass is 79.9. The quantitative estimate of drug-likeness (QED) is 0.447. The van der Waals surface area contributed by atoms with Crippen LogP contribution >= 0.6 is 15.9 Å². The molecule has 0 fully saturated rings.